The van der Waals surface area contributed by atoms with E-state index in [1.54, 1.807) is 0 Å². The molecule has 19 heavy (non-hydrogen) atoms. The lowest BCUT2D eigenvalue weighted by atomic mass is 9.91. The van der Waals surface area contributed by atoms with Crippen molar-refractivity contribution in [1.82, 2.24) is 0 Å². The second kappa shape index (κ2) is 8.79. The third-order valence-corrected chi connectivity index (χ3v) is 5.09. The molecule has 0 nitrogen and oxygen atoms in total. The van der Waals surface area contributed by atoms with E-state index in [1.165, 1.54) is 43.2 Å². The molecule has 1 rings (SSSR count). The van der Waals surface area contributed by atoms with Crippen LogP contribution in [-0.2, 0) is 6.42 Å². The van der Waals surface area contributed by atoms with Crippen molar-refractivity contribution < 1.29 is 0 Å². The van der Waals surface area contributed by atoms with Crippen LogP contribution < -0.4 is 0 Å². The highest BCUT2D eigenvalue weighted by atomic mass is 79.9. The fourth-order valence-electron chi connectivity index (χ4n) is 2.60. The first kappa shape index (κ1) is 16.8. The molecule has 0 aliphatic rings. The summed E-state index contributed by atoms with van der Waals surface area (Å²) in [6.07, 6.45) is 6.40. The predicted octanol–water partition coefficient (Wildman–Crippen LogP) is 6.54. The molecule has 0 spiro atoms. The molecule has 0 fully saturated rings. The lowest BCUT2D eigenvalue weighted by molar-refractivity contribution is 0.446. The largest absolute Gasteiger partial charge is 0.0836 e. The predicted molar refractivity (Wildman–Crippen MR) is 90.0 cm³/mol. The van der Waals surface area contributed by atoms with Crippen LogP contribution in [0.4, 0.5) is 0 Å². The van der Waals surface area contributed by atoms with Crippen LogP contribution in [0.2, 0.25) is 0 Å². The fourth-order valence-corrected chi connectivity index (χ4v) is 3.55. The smallest absolute Gasteiger partial charge is 0.0423 e. The summed E-state index contributed by atoms with van der Waals surface area (Å²) in [5, 5.41) is 0. The molecule has 1 aromatic rings. The molecule has 0 amide bonds. The van der Waals surface area contributed by atoms with Gasteiger partial charge in [-0.05, 0) is 35.8 Å². The Balaban J connectivity index is 2.67. The van der Waals surface area contributed by atoms with Gasteiger partial charge in [0.25, 0.3) is 0 Å². The zero-order valence-corrected chi connectivity index (χ0v) is 14.5. The topological polar surface area (TPSA) is 0 Å². The zero-order valence-electron chi connectivity index (χ0n) is 13.0. The van der Waals surface area contributed by atoms with Crippen molar-refractivity contribution in [2.75, 3.05) is 0 Å². The van der Waals surface area contributed by atoms with Crippen molar-refractivity contribution in [3.63, 3.8) is 0 Å². The lowest BCUT2D eigenvalue weighted by Gasteiger charge is -2.21. The summed E-state index contributed by atoms with van der Waals surface area (Å²) in [5.74, 6) is 1.49. The van der Waals surface area contributed by atoms with Gasteiger partial charge >= 0.3 is 0 Å². The standard InChI is InChI=1S/C18H29Br/c1-5-7-8-16(6-2)18(19)17-11-9-15(10-12-17)13-14(3)4/h9-12,14,16,18H,5-8,13H2,1-4H3. The molecule has 2 atom stereocenters. The van der Waals surface area contributed by atoms with Gasteiger partial charge in [0.1, 0.15) is 0 Å². The minimum atomic E-state index is 0.511. The Kier molecular flexibility index (Phi) is 7.75. The van der Waals surface area contributed by atoms with E-state index in [0.717, 1.165) is 11.8 Å². The fraction of sp³-hybridized carbons (Fsp3) is 0.667. The Morgan fingerprint density at radius 1 is 1.05 bits per heavy atom. The number of unbranched alkanes of at least 4 members (excludes halogenated alkanes) is 1. The van der Waals surface area contributed by atoms with Gasteiger partial charge in [0, 0.05) is 4.83 Å². The van der Waals surface area contributed by atoms with Crippen LogP contribution in [-0.4, -0.2) is 0 Å². The number of benzene rings is 1. The van der Waals surface area contributed by atoms with Crippen molar-refractivity contribution in [2.24, 2.45) is 11.8 Å². The van der Waals surface area contributed by atoms with Crippen LogP contribution in [0.5, 0.6) is 0 Å². The molecule has 1 heteroatoms. The maximum absolute atomic E-state index is 3.92. The summed E-state index contributed by atoms with van der Waals surface area (Å²) < 4.78 is 0. The van der Waals surface area contributed by atoms with Crippen LogP contribution in [0.3, 0.4) is 0 Å². The van der Waals surface area contributed by atoms with E-state index in [0.29, 0.717) is 4.83 Å². The molecule has 2 unspecified atom stereocenters. The Bertz CT molecular complexity index is 339. The molecule has 0 heterocycles. The van der Waals surface area contributed by atoms with Gasteiger partial charge in [0.05, 0.1) is 0 Å². The molecule has 0 N–H and O–H groups in total. The first-order chi connectivity index (χ1) is 9.08. The molecular formula is C18H29Br. The van der Waals surface area contributed by atoms with Gasteiger partial charge in [-0.1, -0.05) is 87.2 Å². The van der Waals surface area contributed by atoms with Crippen LogP contribution in [0, 0.1) is 11.8 Å². The summed E-state index contributed by atoms with van der Waals surface area (Å²) in [5.41, 5.74) is 2.90. The van der Waals surface area contributed by atoms with Gasteiger partial charge in [-0.3, -0.25) is 0 Å². The van der Waals surface area contributed by atoms with E-state index in [2.05, 4.69) is 67.9 Å². The second-order valence-electron chi connectivity index (χ2n) is 6.05. The van der Waals surface area contributed by atoms with Crippen molar-refractivity contribution in [3.8, 4) is 0 Å². The van der Waals surface area contributed by atoms with Crippen molar-refractivity contribution in [3.05, 3.63) is 35.4 Å². The Morgan fingerprint density at radius 2 is 1.68 bits per heavy atom. The Labute approximate surface area is 128 Å². The van der Waals surface area contributed by atoms with E-state index >= 15 is 0 Å². The van der Waals surface area contributed by atoms with Crippen LogP contribution in [0.15, 0.2) is 24.3 Å². The minimum Gasteiger partial charge on any atom is -0.0836 e. The van der Waals surface area contributed by atoms with Gasteiger partial charge in [-0.25, -0.2) is 0 Å². The Hall–Kier alpha value is -0.300. The number of rotatable bonds is 8. The maximum Gasteiger partial charge on any atom is 0.0423 e. The number of alkyl halides is 1. The number of hydrogen-bond acceptors (Lipinski definition) is 0. The summed E-state index contributed by atoms with van der Waals surface area (Å²) in [6.45, 7) is 9.14. The van der Waals surface area contributed by atoms with Gasteiger partial charge < -0.3 is 0 Å². The van der Waals surface area contributed by atoms with Crippen LogP contribution in [0.25, 0.3) is 0 Å². The molecule has 0 aliphatic carbocycles. The van der Waals surface area contributed by atoms with Gasteiger partial charge in [0.15, 0.2) is 0 Å². The maximum atomic E-state index is 3.92. The normalized spacial score (nSPS) is 14.6. The third kappa shape index (κ3) is 5.69. The third-order valence-electron chi connectivity index (χ3n) is 3.81. The minimum absolute atomic E-state index is 0.511. The molecule has 1 aromatic carbocycles. The van der Waals surface area contributed by atoms with E-state index < -0.39 is 0 Å². The molecule has 0 saturated carbocycles. The monoisotopic (exact) mass is 324 g/mol. The van der Waals surface area contributed by atoms with Crippen molar-refractivity contribution in [1.29, 1.82) is 0 Å². The molecule has 0 saturated heterocycles. The van der Waals surface area contributed by atoms with Gasteiger partial charge in [-0.15, -0.1) is 0 Å². The molecule has 0 radical (unpaired) electrons. The highest BCUT2D eigenvalue weighted by Gasteiger charge is 2.18. The van der Waals surface area contributed by atoms with Crippen LogP contribution >= 0.6 is 15.9 Å². The molecular weight excluding hydrogens is 296 g/mol. The highest BCUT2D eigenvalue weighted by molar-refractivity contribution is 9.09. The van der Waals surface area contributed by atoms with Gasteiger partial charge in [0.2, 0.25) is 0 Å². The van der Waals surface area contributed by atoms with E-state index in [-0.39, 0.29) is 0 Å². The molecule has 0 aromatic heterocycles. The average Bonchev–Trinajstić information content (AvgIpc) is 2.39. The van der Waals surface area contributed by atoms with E-state index in [4.69, 9.17) is 0 Å². The summed E-state index contributed by atoms with van der Waals surface area (Å²) in [6, 6.07) is 9.23. The number of halogens is 1. The summed E-state index contributed by atoms with van der Waals surface area (Å²) in [7, 11) is 0. The first-order valence-electron chi connectivity index (χ1n) is 7.81. The molecule has 0 aliphatic heterocycles. The molecule has 0 bridgehead atoms. The Morgan fingerprint density at radius 3 is 2.16 bits per heavy atom. The lowest BCUT2D eigenvalue weighted by Crippen LogP contribution is -2.07. The second-order valence-corrected chi connectivity index (χ2v) is 7.04. The van der Waals surface area contributed by atoms with E-state index in [9.17, 15) is 0 Å². The summed E-state index contributed by atoms with van der Waals surface area (Å²) in [4.78, 5) is 0.511. The zero-order chi connectivity index (χ0) is 14.3. The van der Waals surface area contributed by atoms with Crippen molar-refractivity contribution >= 4 is 15.9 Å². The number of hydrogen-bond donors (Lipinski definition) is 0. The highest BCUT2D eigenvalue weighted by Crippen LogP contribution is 2.36. The van der Waals surface area contributed by atoms with Crippen molar-refractivity contribution in [2.45, 2.75) is 64.6 Å². The first-order valence-corrected chi connectivity index (χ1v) is 8.72. The van der Waals surface area contributed by atoms with Crippen LogP contribution in [0.1, 0.15) is 69.3 Å². The average molecular weight is 325 g/mol. The SMILES string of the molecule is CCCCC(CC)C(Br)c1ccc(CC(C)C)cc1. The quantitative estimate of drug-likeness (QED) is 0.476. The van der Waals surface area contributed by atoms with E-state index in [1.807, 2.05) is 0 Å². The van der Waals surface area contributed by atoms with Gasteiger partial charge in [-0.2, -0.15) is 0 Å². The molecule has 108 valence electrons. The summed E-state index contributed by atoms with van der Waals surface area (Å²) >= 11 is 3.92.